The number of carbonyl (C=O) groups excluding carboxylic acids is 1. The molecule has 1 saturated carbocycles. The molecule has 1 aromatic carbocycles. The maximum atomic E-state index is 12.2. The minimum atomic E-state index is 0. The summed E-state index contributed by atoms with van der Waals surface area (Å²) in [5, 5.41) is 10.5. The summed E-state index contributed by atoms with van der Waals surface area (Å²) < 4.78 is 4.93. The van der Waals surface area contributed by atoms with Gasteiger partial charge in [-0.05, 0) is 37.5 Å². The van der Waals surface area contributed by atoms with E-state index < -0.39 is 0 Å². The Hall–Kier alpha value is -2.14. The van der Waals surface area contributed by atoms with Crippen molar-refractivity contribution >= 4 is 41.5 Å². The third-order valence-corrected chi connectivity index (χ3v) is 5.97. The van der Waals surface area contributed by atoms with E-state index in [1.54, 1.807) is 6.26 Å². The van der Waals surface area contributed by atoms with Gasteiger partial charge >= 0.3 is 0 Å². The van der Waals surface area contributed by atoms with E-state index in [1.807, 2.05) is 24.3 Å². The van der Waals surface area contributed by atoms with Crippen LogP contribution in [0.4, 0.5) is 5.69 Å². The average Bonchev–Trinajstić information content (AvgIpc) is 3.24. The molecule has 1 aliphatic heterocycles. The van der Waals surface area contributed by atoms with Gasteiger partial charge < -0.3 is 20.1 Å². The summed E-state index contributed by atoms with van der Waals surface area (Å²) >= 11 is 0. The number of piperazine rings is 1. The molecule has 1 saturated heterocycles. The van der Waals surface area contributed by atoms with Crippen molar-refractivity contribution in [3.63, 3.8) is 0 Å². The van der Waals surface area contributed by atoms with Crippen LogP contribution >= 0.6 is 24.0 Å². The SMILES string of the molecule is CCNC(=NCc1cccc(NC(=O)C2CCC2)c1)N1CCN(Cc2ccon2)CC1.I. The number of halogens is 1. The summed E-state index contributed by atoms with van der Waals surface area (Å²) in [5.41, 5.74) is 2.92. The van der Waals surface area contributed by atoms with Gasteiger partial charge in [-0.25, -0.2) is 4.99 Å². The van der Waals surface area contributed by atoms with Gasteiger partial charge in [0, 0.05) is 56.9 Å². The predicted molar refractivity (Wildman–Crippen MR) is 136 cm³/mol. The number of rotatable bonds is 7. The van der Waals surface area contributed by atoms with Gasteiger partial charge in [0.15, 0.2) is 5.96 Å². The molecule has 0 bridgehead atoms. The van der Waals surface area contributed by atoms with Gasteiger partial charge in [0.05, 0.1) is 12.2 Å². The summed E-state index contributed by atoms with van der Waals surface area (Å²) in [5.74, 6) is 1.27. The smallest absolute Gasteiger partial charge is 0.227 e. The Balaban J connectivity index is 0.00000289. The summed E-state index contributed by atoms with van der Waals surface area (Å²) in [6, 6.07) is 9.93. The average molecular weight is 552 g/mol. The molecule has 32 heavy (non-hydrogen) atoms. The first-order valence-corrected chi connectivity index (χ1v) is 11.3. The van der Waals surface area contributed by atoms with Crippen molar-refractivity contribution in [1.29, 1.82) is 0 Å². The molecule has 1 aliphatic carbocycles. The molecule has 2 N–H and O–H groups in total. The van der Waals surface area contributed by atoms with Crippen LogP contribution in [0.5, 0.6) is 0 Å². The highest BCUT2D eigenvalue weighted by atomic mass is 127. The lowest BCUT2D eigenvalue weighted by molar-refractivity contribution is -0.122. The third kappa shape index (κ3) is 6.68. The summed E-state index contributed by atoms with van der Waals surface area (Å²) in [6.07, 6.45) is 4.80. The monoisotopic (exact) mass is 552 g/mol. The number of nitrogens with one attached hydrogen (secondary N) is 2. The highest BCUT2D eigenvalue weighted by molar-refractivity contribution is 14.0. The van der Waals surface area contributed by atoms with Crippen LogP contribution in [0, 0.1) is 5.92 Å². The maximum Gasteiger partial charge on any atom is 0.227 e. The standard InChI is InChI=1S/C23H32N6O2.HI/c1-2-24-23(29-12-10-28(11-13-29)17-21-9-14-31-27-21)25-16-18-5-3-8-20(15-18)26-22(30)19-6-4-7-19;/h3,5,8-9,14-15,19H,2,4,6-7,10-13,16-17H2,1H3,(H,24,25)(H,26,30);1H. The zero-order valence-corrected chi connectivity index (χ0v) is 21.0. The molecule has 1 aromatic heterocycles. The molecule has 1 amide bonds. The number of aliphatic imine (C=N–C) groups is 1. The summed E-state index contributed by atoms with van der Waals surface area (Å²) in [6.45, 7) is 8.07. The molecular weight excluding hydrogens is 519 g/mol. The molecule has 2 fully saturated rings. The molecule has 0 atom stereocenters. The van der Waals surface area contributed by atoms with E-state index in [0.29, 0.717) is 6.54 Å². The molecule has 0 unspecified atom stereocenters. The number of aromatic nitrogens is 1. The lowest BCUT2D eigenvalue weighted by Crippen LogP contribution is -2.52. The fraction of sp³-hybridized carbons (Fsp3) is 0.522. The van der Waals surface area contributed by atoms with Crippen molar-refractivity contribution in [3.05, 3.63) is 47.9 Å². The number of nitrogens with zero attached hydrogens (tertiary/aromatic N) is 4. The number of amides is 1. The second-order valence-electron chi connectivity index (χ2n) is 8.24. The first kappa shape index (κ1) is 24.5. The Morgan fingerprint density at radius 1 is 1.22 bits per heavy atom. The Kier molecular flexibility index (Phi) is 9.34. The van der Waals surface area contributed by atoms with Crippen molar-refractivity contribution in [2.75, 3.05) is 38.0 Å². The lowest BCUT2D eigenvalue weighted by atomic mass is 9.85. The number of anilines is 1. The summed E-state index contributed by atoms with van der Waals surface area (Å²) in [7, 11) is 0. The van der Waals surface area contributed by atoms with E-state index in [-0.39, 0.29) is 35.8 Å². The molecule has 174 valence electrons. The van der Waals surface area contributed by atoms with Crippen molar-refractivity contribution in [1.82, 2.24) is 20.3 Å². The first-order valence-electron chi connectivity index (χ1n) is 11.3. The van der Waals surface area contributed by atoms with Crippen LogP contribution in [-0.2, 0) is 17.9 Å². The predicted octanol–water partition coefficient (Wildman–Crippen LogP) is 3.31. The van der Waals surface area contributed by atoms with E-state index >= 15 is 0 Å². The minimum Gasteiger partial charge on any atom is -0.364 e. The molecule has 9 heteroatoms. The van der Waals surface area contributed by atoms with Gasteiger partial charge in [-0.3, -0.25) is 9.69 Å². The largest absolute Gasteiger partial charge is 0.364 e. The van der Waals surface area contributed by atoms with E-state index in [9.17, 15) is 4.79 Å². The Labute approximate surface area is 206 Å². The van der Waals surface area contributed by atoms with Crippen LogP contribution in [-0.4, -0.2) is 59.5 Å². The quantitative estimate of drug-likeness (QED) is 0.312. The molecule has 2 heterocycles. The number of guanidine groups is 1. The van der Waals surface area contributed by atoms with Gasteiger partial charge in [-0.2, -0.15) is 0 Å². The molecular formula is C23H33IN6O2. The highest BCUT2D eigenvalue weighted by Gasteiger charge is 2.25. The van der Waals surface area contributed by atoms with Crippen LogP contribution in [0.25, 0.3) is 0 Å². The number of benzene rings is 1. The molecule has 0 radical (unpaired) electrons. The number of carbonyl (C=O) groups is 1. The van der Waals surface area contributed by atoms with Gasteiger partial charge in [0.2, 0.25) is 5.91 Å². The van der Waals surface area contributed by atoms with E-state index in [2.05, 4.69) is 38.6 Å². The van der Waals surface area contributed by atoms with Crippen LogP contribution in [0.15, 0.2) is 46.1 Å². The van der Waals surface area contributed by atoms with Crippen molar-refractivity contribution in [2.45, 2.75) is 39.3 Å². The molecule has 2 aromatic rings. The number of hydrogen-bond acceptors (Lipinski definition) is 5. The first-order chi connectivity index (χ1) is 15.2. The maximum absolute atomic E-state index is 12.2. The van der Waals surface area contributed by atoms with Gasteiger partial charge in [0.25, 0.3) is 0 Å². The summed E-state index contributed by atoms with van der Waals surface area (Å²) in [4.78, 5) is 21.8. The van der Waals surface area contributed by atoms with Gasteiger partial charge in [-0.15, -0.1) is 24.0 Å². The van der Waals surface area contributed by atoms with Crippen molar-refractivity contribution < 1.29 is 9.32 Å². The highest BCUT2D eigenvalue weighted by Crippen LogP contribution is 2.27. The van der Waals surface area contributed by atoms with E-state index in [4.69, 9.17) is 9.52 Å². The van der Waals surface area contributed by atoms with Gasteiger partial charge in [0.1, 0.15) is 6.26 Å². The van der Waals surface area contributed by atoms with Gasteiger partial charge in [-0.1, -0.05) is 23.7 Å². The topological polar surface area (TPSA) is 86.0 Å². The third-order valence-electron chi connectivity index (χ3n) is 5.97. The molecule has 0 spiro atoms. The Bertz CT molecular complexity index is 876. The molecule has 8 nitrogen and oxygen atoms in total. The second kappa shape index (κ2) is 12.2. The fourth-order valence-corrected chi connectivity index (χ4v) is 3.92. The Morgan fingerprint density at radius 3 is 2.69 bits per heavy atom. The van der Waals surface area contributed by atoms with Crippen molar-refractivity contribution in [3.8, 4) is 0 Å². The van der Waals surface area contributed by atoms with E-state index in [0.717, 1.165) is 81.4 Å². The number of hydrogen-bond donors (Lipinski definition) is 2. The fourth-order valence-electron chi connectivity index (χ4n) is 3.92. The second-order valence-corrected chi connectivity index (χ2v) is 8.24. The normalized spacial score (nSPS) is 17.4. The van der Waals surface area contributed by atoms with E-state index in [1.165, 1.54) is 0 Å². The lowest BCUT2D eigenvalue weighted by Gasteiger charge is -2.36. The van der Waals surface area contributed by atoms with Crippen LogP contribution < -0.4 is 10.6 Å². The van der Waals surface area contributed by atoms with Crippen molar-refractivity contribution in [2.24, 2.45) is 10.9 Å². The minimum absolute atomic E-state index is 0. The molecule has 4 rings (SSSR count). The van der Waals surface area contributed by atoms with Crippen LogP contribution in [0.3, 0.4) is 0 Å². The zero-order chi connectivity index (χ0) is 21.5. The molecule has 2 aliphatic rings. The van der Waals surface area contributed by atoms with Crippen LogP contribution in [0.2, 0.25) is 0 Å². The zero-order valence-electron chi connectivity index (χ0n) is 18.6. The Morgan fingerprint density at radius 2 is 2.03 bits per heavy atom. The van der Waals surface area contributed by atoms with Crippen LogP contribution in [0.1, 0.15) is 37.4 Å².